The first-order valence-electron chi connectivity index (χ1n) is 6.31. The standard InChI is InChI=1S/C15H21FN2O/c1-10(2)15(9-19)18-11(3)13-5-4-12(6-7-17)14(16)8-13/h4-5,8,19H,6-7,9,17H2,1-3H3. The summed E-state index contributed by atoms with van der Waals surface area (Å²) in [7, 11) is 0. The van der Waals surface area contributed by atoms with Crippen LogP contribution in [0.2, 0.25) is 0 Å². The molecule has 0 bridgehead atoms. The Kier molecular flexibility index (Phi) is 5.86. The third-order valence-corrected chi connectivity index (χ3v) is 2.91. The lowest BCUT2D eigenvalue weighted by atomic mass is 10.1. The Morgan fingerprint density at radius 2 is 2.00 bits per heavy atom. The number of hydrogen-bond acceptors (Lipinski definition) is 3. The molecule has 104 valence electrons. The van der Waals surface area contributed by atoms with Crippen molar-refractivity contribution < 1.29 is 9.50 Å². The van der Waals surface area contributed by atoms with Crippen LogP contribution in [0.25, 0.3) is 0 Å². The van der Waals surface area contributed by atoms with Crippen molar-refractivity contribution in [3.63, 3.8) is 0 Å². The number of allylic oxidation sites excluding steroid dienone is 1. The predicted molar refractivity (Wildman–Crippen MR) is 76.8 cm³/mol. The number of nitrogens with zero attached hydrogens (tertiary/aromatic N) is 1. The zero-order valence-corrected chi connectivity index (χ0v) is 11.7. The summed E-state index contributed by atoms with van der Waals surface area (Å²) in [5.74, 6) is -0.264. The minimum absolute atomic E-state index is 0.118. The van der Waals surface area contributed by atoms with E-state index in [1.54, 1.807) is 13.0 Å². The van der Waals surface area contributed by atoms with E-state index in [1.165, 1.54) is 6.07 Å². The van der Waals surface area contributed by atoms with Gasteiger partial charge in [0, 0.05) is 5.71 Å². The highest BCUT2D eigenvalue weighted by atomic mass is 19.1. The van der Waals surface area contributed by atoms with E-state index in [9.17, 15) is 9.50 Å². The van der Waals surface area contributed by atoms with Crippen LogP contribution in [0.3, 0.4) is 0 Å². The molecule has 0 spiro atoms. The second-order valence-corrected chi connectivity index (χ2v) is 4.65. The van der Waals surface area contributed by atoms with Crippen molar-refractivity contribution in [2.75, 3.05) is 13.2 Å². The Labute approximate surface area is 113 Å². The van der Waals surface area contributed by atoms with Crippen LogP contribution in [0, 0.1) is 5.82 Å². The fourth-order valence-corrected chi connectivity index (χ4v) is 1.70. The normalized spacial score (nSPS) is 11.6. The summed E-state index contributed by atoms with van der Waals surface area (Å²) in [5, 5.41) is 9.21. The molecule has 3 N–H and O–H groups in total. The third kappa shape index (κ3) is 4.26. The smallest absolute Gasteiger partial charge is 0.127 e. The molecule has 1 aromatic rings. The molecule has 0 radical (unpaired) electrons. The molecule has 19 heavy (non-hydrogen) atoms. The molecule has 0 saturated heterocycles. The fraction of sp³-hybridized carbons (Fsp3) is 0.400. The van der Waals surface area contributed by atoms with Gasteiger partial charge in [-0.3, -0.25) is 4.99 Å². The summed E-state index contributed by atoms with van der Waals surface area (Å²) in [6, 6.07) is 5.02. The molecule has 0 fully saturated rings. The summed E-state index contributed by atoms with van der Waals surface area (Å²) in [6.07, 6.45) is 0.526. The molecule has 4 heteroatoms. The molecule has 0 heterocycles. The molecular formula is C15H21FN2O. The molecule has 0 aromatic heterocycles. The van der Waals surface area contributed by atoms with Crippen LogP contribution in [0.15, 0.2) is 34.5 Å². The fourth-order valence-electron chi connectivity index (χ4n) is 1.70. The largest absolute Gasteiger partial charge is 0.390 e. The van der Waals surface area contributed by atoms with E-state index in [-0.39, 0.29) is 12.4 Å². The van der Waals surface area contributed by atoms with Crippen LogP contribution in [0.1, 0.15) is 31.9 Å². The van der Waals surface area contributed by atoms with Crippen molar-refractivity contribution >= 4 is 5.71 Å². The maximum atomic E-state index is 13.8. The molecule has 0 aliphatic heterocycles. The van der Waals surface area contributed by atoms with Crippen molar-refractivity contribution in [1.29, 1.82) is 0 Å². The minimum atomic E-state index is -0.264. The van der Waals surface area contributed by atoms with Gasteiger partial charge in [-0.25, -0.2) is 4.39 Å². The first-order valence-corrected chi connectivity index (χ1v) is 6.31. The van der Waals surface area contributed by atoms with Crippen LogP contribution in [-0.4, -0.2) is 24.0 Å². The summed E-state index contributed by atoms with van der Waals surface area (Å²) in [4.78, 5) is 4.34. The van der Waals surface area contributed by atoms with E-state index in [1.807, 2.05) is 19.9 Å². The topological polar surface area (TPSA) is 58.6 Å². The van der Waals surface area contributed by atoms with Crippen molar-refractivity contribution in [2.24, 2.45) is 10.7 Å². The zero-order chi connectivity index (χ0) is 14.4. The van der Waals surface area contributed by atoms with Gasteiger partial charge < -0.3 is 10.8 Å². The number of aliphatic hydroxyl groups is 1. The average molecular weight is 264 g/mol. The molecule has 0 aliphatic rings. The maximum Gasteiger partial charge on any atom is 0.127 e. The molecule has 0 aliphatic carbocycles. The first-order chi connectivity index (χ1) is 8.99. The minimum Gasteiger partial charge on any atom is -0.390 e. The van der Waals surface area contributed by atoms with Gasteiger partial charge in [-0.1, -0.05) is 17.7 Å². The Morgan fingerprint density at radius 1 is 1.32 bits per heavy atom. The van der Waals surface area contributed by atoms with Crippen molar-refractivity contribution in [3.8, 4) is 0 Å². The average Bonchev–Trinajstić information content (AvgIpc) is 2.37. The van der Waals surface area contributed by atoms with Crippen LogP contribution in [-0.2, 0) is 6.42 Å². The second kappa shape index (κ2) is 7.16. The lowest BCUT2D eigenvalue weighted by Gasteiger charge is -2.07. The summed E-state index contributed by atoms with van der Waals surface area (Å²) >= 11 is 0. The van der Waals surface area contributed by atoms with Gasteiger partial charge in [-0.15, -0.1) is 0 Å². The van der Waals surface area contributed by atoms with Crippen molar-refractivity contribution in [3.05, 3.63) is 46.4 Å². The zero-order valence-electron chi connectivity index (χ0n) is 11.7. The van der Waals surface area contributed by atoms with Gasteiger partial charge in [0.1, 0.15) is 5.82 Å². The number of aliphatic imine (C=N–C) groups is 1. The van der Waals surface area contributed by atoms with E-state index in [4.69, 9.17) is 5.73 Å². The molecular weight excluding hydrogens is 243 g/mol. The van der Waals surface area contributed by atoms with Gasteiger partial charge in [0.25, 0.3) is 0 Å². The highest BCUT2D eigenvalue weighted by Crippen LogP contribution is 2.14. The quantitative estimate of drug-likeness (QED) is 0.802. The van der Waals surface area contributed by atoms with Crippen molar-refractivity contribution in [1.82, 2.24) is 0 Å². The number of halogens is 1. The van der Waals surface area contributed by atoms with Gasteiger partial charge in [-0.05, 0) is 50.9 Å². The Morgan fingerprint density at radius 3 is 2.47 bits per heavy atom. The lowest BCUT2D eigenvalue weighted by Crippen LogP contribution is -2.06. The third-order valence-electron chi connectivity index (χ3n) is 2.91. The van der Waals surface area contributed by atoms with E-state index >= 15 is 0 Å². The van der Waals surface area contributed by atoms with Gasteiger partial charge in [0.05, 0.1) is 12.3 Å². The van der Waals surface area contributed by atoms with Gasteiger partial charge in [0.2, 0.25) is 0 Å². The van der Waals surface area contributed by atoms with E-state index in [0.29, 0.717) is 35.5 Å². The van der Waals surface area contributed by atoms with E-state index in [0.717, 1.165) is 5.57 Å². The maximum absolute atomic E-state index is 13.8. The molecule has 1 rings (SSSR count). The molecule has 0 saturated carbocycles. The molecule has 0 amide bonds. The highest BCUT2D eigenvalue weighted by molar-refractivity contribution is 5.99. The van der Waals surface area contributed by atoms with Crippen LogP contribution < -0.4 is 5.73 Å². The number of rotatable bonds is 5. The number of benzene rings is 1. The predicted octanol–water partition coefficient (Wildman–Crippen LogP) is 2.42. The Hall–Kier alpha value is -1.52. The monoisotopic (exact) mass is 264 g/mol. The summed E-state index contributed by atoms with van der Waals surface area (Å²) in [6.45, 7) is 5.87. The molecule has 3 nitrogen and oxygen atoms in total. The number of nitrogens with two attached hydrogens (primary N) is 1. The van der Waals surface area contributed by atoms with Crippen LogP contribution in [0.5, 0.6) is 0 Å². The Balaban J connectivity index is 3.07. The van der Waals surface area contributed by atoms with Crippen LogP contribution >= 0.6 is 0 Å². The lowest BCUT2D eigenvalue weighted by molar-refractivity contribution is 0.328. The number of aliphatic hydroxyl groups excluding tert-OH is 1. The highest BCUT2D eigenvalue weighted by Gasteiger charge is 2.06. The van der Waals surface area contributed by atoms with Crippen LogP contribution in [0.4, 0.5) is 4.39 Å². The summed E-state index contributed by atoms with van der Waals surface area (Å²) in [5.41, 5.74) is 8.99. The summed E-state index contributed by atoms with van der Waals surface area (Å²) < 4.78 is 13.8. The van der Waals surface area contributed by atoms with Gasteiger partial charge >= 0.3 is 0 Å². The molecule has 1 aromatic carbocycles. The first kappa shape index (κ1) is 15.5. The molecule has 0 atom stereocenters. The van der Waals surface area contributed by atoms with E-state index < -0.39 is 0 Å². The SMILES string of the molecule is CC(=NC(CO)=C(C)C)c1ccc(CCN)c(F)c1. The van der Waals surface area contributed by atoms with Gasteiger partial charge in [-0.2, -0.15) is 0 Å². The van der Waals surface area contributed by atoms with E-state index in [2.05, 4.69) is 4.99 Å². The Bertz CT molecular complexity index is 503. The van der Waals surface area contributed by atoms with Gasteiger partial charge in [0.15, 0.2) is 0 Å². The number of hydrogen-bond donors (Lipinski definition) is 2. The van der Waals surface area contributed by atoms with Crippen molar-refractivity contribution in [2.45, 2.75) is 27.2 Å². The second-order valence-electron chi connectivity index (χ2n) is 4.65. The molecule has 0 unspecified atom stereocenters.